The number of pyridine rings is 2. The highest BCUT2D eigenvalue weighted by Gasteiger charge is 2.28. The summed E-state index contributed by atoms with van der Waals surface area (Å²) < 4.78 is 41.0. The average Bonchev–Trinajstić information content (AvgIpc) is 2.57. The summed E-state index contributed by atoms with van der Waals surface area (Å²) in [5.41, 5.74) is 0.785. The number of anilines is 1. The Kier molecular flexibility index (Phi) is 6.10. The number of nitrogens with zero attached hydrogens (tertiary/aromatic N) is 2. The van der Waals surface area contributed by atoms with Crippen LogP contribution in [0.5, 0.6) is 5.88 Å². The summed E-state index contributed by atoms with van der Waals surface area (Å²) in [5, 5.41) is 5.07. The summed E-state index contributed by atoms with van der Waals surface area (Å²) in [6.07, 6.45) is -1.80. The lowest BCUT2D eigenvalue weighted by molar-refractivity contribution is -0.154. The molecule has 10 heteroatoms. The van der Waals surface area contributed by atoms with Crippen LogP contribution < -0.4 is 15.4 Å². The van der Waals surface area contributed by atoms with Gasteiger partial charge in [-0.05, 0) is 23.8 Å². The van der Waals surface area contributed by atoms with Crippen molar-refractivity contribution in [1.29, 1.82) is 0 Å². The number of hydrogen-bond acceptors (Lipinski definition) is 5. The van der Waals surface area contributed by atoms with Crippen molar-refractivity contribution in [3.8, 4) is 5.88 Å². The second kappa shape index (κ2) is 8.28. The number of halogens is 3. The van der Waals surface area contributed by atoms with Gasteiger partial charge in [-0.25, -0.2) is 9.97 Å². The minimum Gasteiger partial charge on any atom is -0.468 e. The van der Waals surface area contributed by atoms with Gasteiger partial charge in [-0.15, -0.1) is 0 Å². The third kappa shape index (κ3) is 6.38. The number of nitrogens with one attached hydrogen (secondary N) is 2. The summed E-state index contributed by atoms with van der Waals surface area (Å²) in [6, 6.07) is 5.71. The van der Waals surface area contributed by atoms with Crippen LogP contribution in [-0.4, -0.2) is 34.6 Å². The van der Waals surface area contributed by atoms with Gasteiger partial charge >= 0.3 is 6.18 Å². The molecule has 0 radical (unpaired) electrons. The second-order valence-corrected chi connectivity index (χ2v) is 5.20. The first-order valence-corrected chi connectivity index (χ1v) is 7.39. The van der Waals surface area contributed by atoms with Crippen LogP contribution in [0.4, 0.5) is 19.0 Å². The van der Waals surface area contributed by atoms with E-state index < -0.39 is 18.7 Å². The van der Waals surface area contributed by atoms with E-state index in [0.717, 1.165) is 0 Å². The van der Waals surface area contributed by atoms with Crippen molar-refractivity contribution in [3.05, 3.63) is 47.8 Å². The Morgan fingerprint density at radius 2 is 1.88 bits per heavy atom. The Labute approximate surface area is 146 Å². The molecule has 2 amide bonds. The molecule has 0 saturated heterocycles. The molecule has 0 saturated carbocycles. The maximum Gasteiger partial charge on any atom is 0.422 e. The monoisotopic (exact) mass is 368 g/mol. The van der Waals surface area contributed by atoms with Crippen LogP contribution in [0.2, 0.25) is 0 Å². The van der Waals surface area contributed by atoms with Crippen LogP contribution in [0, 0.1) is 0 Å². The quantitative estimate of drug-likeness (QED) is 0.816. The van der Waals surface area contributed by atoms with E-state index in [2.05, 4.69) is 25.3 Å². The highest BCUT2D eigenvalue weighted by Crippen LogP contribution is 2.17. The molecular formula is C16H15F3N4O3. The average molecular weight is 368 g/mol. The van der Waals surface area contributed by atoms with Crippen molar-refractivity contribution in [2.75, 3.05) is 11.9 Å². The van der Waals surface area contributed by atoms with Gasteiger partial charge in [-0.3, -0.25) is 9.59 Å². The van der Waals surface area contributed by atoms with E-state index >= 15 is 0 Å². The summed E-state index contributed by atoms with van der Waals surface area (Å²) in [6.45, 7) is -0.0728. The zero-order valence-electron chi connectivity index (χ0n) is 13.6. The zero-order chi connectivity index (χ0) is 19.2. The molecule has 2 aromatic rings. The van der Waals surface area contributed by atoms with Gasteiger partial charge in [0.15, 0.2) is 6.61 Å². The minimum atomic E-state index is -4.46. The maximum absolute atomic E-state index is 12.2. The molecule has 0 atom stereocenters. The lowest BCUT2D eigenvalue weighted by Crippen LogP contribution is -2.23. The molecule has 0 aliphatic rings. The number of rotatable bonds is 6. The van der Waals surface area contributed by atoms with E-state index in [4.69, 9.17) is 0 Å². The van der Waals surface area contributed by atoms with Gasteiger partial charge in [0.05, 0.1) is 0 Å². The largest absolute Gasteiger partial charge is 0.468 e. The maximum atomic E-state index is 12.2. The molecule has 0 fully saturated rings. The standard InChI is InChI=1S/C16H15F3N4O3/c1-10(24)23-13-7-12(3-5-20-13)15(25)22-8-11-2-4-21-14(6-11)26-9-16(17,18)19/h2-7H,8-9H2,1H3,(H,22,25)(H,20,23,24). The number of aromatic nitrogens is 2. The fourth-order valence-electron chi connectivity index (χ4n) is 1.90. The van der Waals surface area contributed by atoms with Crippen LogP contribution in [0.25, 0.3) is 0 Å². The topological polar surface area (TPSA) is 93.2 Å². The van der Waals surface area contributed by atoms with E-state index in [1.807, 2.05) is 0 Å². The summed E-state index contributed by atoms with van der Waals surface area (Å²) >= 11 is 0. The van der Waals surface area contributed by atoms with Crippen molar-refractivity contribution < 1.29 is 27.5 Å². The van der Waals surface area contributed by atoms with E-state index in [1.54, 1.807) is 0 Å². The van der Waals surface area contributed by atoms with Crippen LogP contribution in [0.15, 0.2) is 36.7 Å². The molecule has 2 N–H and O–H groups in total. The molecule has 0 unspecified atom stereocenters. The molecule has 0 spiro atoms. The third-order valence-electron chi connectivity index (χ3n) is 2.96. The van der Waals surface area contributed by atoms with Crippen molar-refractivity contribution in [3.63, 3.8) is 0 Å². The lowest BCUT2D eigenvalue weighted by atomic mass is 10.2. The first-order chi connectivity index (χ1) is 12.2. The van der Waals surface area contributed by atoms with Crippen LogP contribution in [-0.2, 0) is 11.3 Å². The van der Waals surface area contributed by atoms with E-state index in [1.165, 1.54) is 43.6 Å². The first-order valence-electron chi connectivity index (χ1n) is 7.39. The summed E-state index contributed by atoms with van der Waals surface area (Å²) in [7, 11) is 0. The first kappa shape index (κ1) is 19.2. The van der Waals surface area contributed by atoms with Crippen molar-refractivity contribution in [1.82, 2.24) is 15.3 Å². The Bertz CT molecular complexity index is 796. The van der Waals surface area contributed by atoms with Gasteiger partial charge in [-0.1, -0.05) is 0 Å². The Hall–Kier alpha value is -3.17. The molecular weight excluding hydrogens is 353 g/mol. The van der Waals surface area contributed by atoms with Gasteiger partial charge in [-0.2, -0.15) is 13.2 Å². The predicted molar refractivity (Wildman–Crippen MR) is 85.5 cm³/mol. The van der Waals surface area contributed by atoms with Gasteiger partial charge in [0.25, 0.3) is 5.91 Å². The normalized spacial score (nSPS) is 10.9. The number of ether oxygens (including phenoxy) is 1. The van der Waals surface area contributed by atoms with Crippen LogP contribution >= 0.6 is 0 Å². The molecule has 0 bridgehead atoms. The molecule has 0 aliphatic carbocycles. The third-order valence-corrected chi connectivity index (χ3v) is 2.96. The van der Waals surface area contributed by atoms with Gasteiger partial charge < -0.3 is 15.4 Å². The lowest BCUT2D eigenvalue weighted by Gasteiger charge is -2.10. The molecule has 138 valence electrons. The van der Waals surface area contributed by atoms with Crippen molar-refractivity contribution in [2.45, 2.75) is 19.6 Å². The van der Waals surface area contributed by atoms with E-state index in [-0.39, 0.29) is 29.7 Å². The van der Waals surface area contributed by atoms with Crippen molar-refractivity contribution >= 4 is 17.6 Å². The minimum absolute atomic E-state index is 0.0571. The summed E-state index contributed by atoms with van der Waals surface area (Å²) in [4.78, 5) is 30.8. The number of alkyl halides is 3. The Morgan fingerprint density at radius 3 is 2.58 bits per heavy atom. The molecule has 2 rings (SSSR count). The molecule has 2 heterocycles. The summed E-state index contributed by atoms with van der Waals surface area (Å²) in [5.74, 6) is -0.713. The molecule has 7 nitrogen and oxygen atoms in total. The van der Waals surface area contributed by atoms with Crippen LogP contribution in [0.1, 0.15) is 22.8 Å². The van der Waals surface area contributed by atoms with Crippen molar-refractivity contribution in [2.24, 2.45) is 0 Å². The number of carbonyl (C=O) groups excluding carboxylic acids is 2. The fourth-order valence-corrected chi connectivity index (χ4v) is 1.90. The Balaban J connectivity index is 1.96. The Morgan fingerprint density at radius 1 is 1.15 bits per heavy atom. The molecule has 2 aromatic heterocycles. The highest BCUT2D eigenvalue weighted by molar-refractivity contribution is 5.96. The number of carbonyl (C=O) groups is 2. The molecule has 0 aliphatic heterocycles. The molecule has 0 aromatic carbocycles. The van der Waals surface area contributed by atoms with Gasteiger partial charge in [0.2, 0.25) is 11.8 Å². The van der Waals surface area contributed by atoms with Gasteiger partial charge in [0.1, 0.15) is 5.82 Å². The second-order valence-electron chi connectivity index (χ2n) is 5.20. The number of hydrogen-bond donors (Lipinski definition) is 2. The molecule has 26 heavy (non-hydrogen) atoms. The van der Waals surface area contributed by atoms with E-state index in [0.29, 0.717) is 5.56 Å². The smallest absolute Gasteiger partial charge is 0.422 e. The van der Waals surface area contributed by atoms with E-state index in [9.17, 15) is 22.8 Å². The van der Waals surface area contributed by atoms with Crippen LogP contribution in [0.3, 0.4) is 0 Å². The van der Waals surface area contributed by atoms with Gasteiger partial charge in [0, 0.05) is 37.5 Å². The number of amides is 2. The zero-order valence-corrected chi connectivity index (χ0v) is 13.6. The predicted octanol–water partition coefficient (Wildman–Crippen LogP) is 2.31. The highest BCUT2D eigenvalue weighted by atomic mass is 19.4. The SMILES string of the molecule is CC(=O)Nc1cc(C(=O)NCc2ccnc(OCC(F)(F)F)c2)ccn1. The fraction of sp³-hybridized carbons (Fsp3) is 0.250.